The number of aryl methyl sites for hydroxylation is 3. The first-order chi connectivity index (χ1) is 7.59. The zero-order chi connectivity index (χ0) is 11.7. The maximum Gasteiger partial charge on any atom is 0.191 e. The lowest BCUT2D eigenvalue weighted by molar-refractivity contribution is 0.767. The van der Waals surface area contributed by atoms with Gasteiger partial charge < -0.3 is 10.3 Å². The number of hydrogen-bond donors (Lipinski definition) is 1. The maximum atomic E-state index is 5.93. The molecule has 0 aliphatic rings. The molecular weight excluding hydrogens is 224 g/mol. The van der Waals surface area contributed by atoms with Crippen molar-refractivity contribution >= 4 is 17.6 Å². The van der Waals surface area contributed by atoms with Crippen LogP contribution in [0.2, 0.25) is 0 Å². The minimum absolute atomic E-state index is 0.715. The minimum Gasteiger partial charge on any atom is -0.384 e. The second-order valence-electron chi connectivity index (χ2n) is 3.59. The summed E-state index contributed by atoms with van der Waals surface area (Å²) in [6.45, 7) is 1.96. The van der Waals surface area contributed by atoms with Gasteiger partial charge in [0.1, 0.15) is 12.1 Å². The molecule has 2 aromatic rings. The van der Waals surface area contributed by atoms with Crippen LogP contribution >= 0.6 is 11.8 Å². The molecule has 2 N–H and O–H groups in total. The van der Waals surface area contributed by atoms with Gasteiger partial charge in [0, 0.05) is 25.4 Å². The van der Waals surface area contributed by atoms with Crippen molar-refractivity contribution in [2.45, 2.75) is 17.8 Å². The third-order valence-electron chi connectivity index (χ3n) is 2.41. The number of nitrogen functional groups attached to an aromatic ring is 1. The lowest BCUT2D eigenvalue weighted by Gasteiger charge is -2.01. The second kappa shape index (κ2) is 4.17. The highest BCUT2D eigenvalue weighted by molar-refractivity contribution is 7.98. The smallest absolute Gasteiger partial charge is 0.191 e. The molecule has 0 spiro atoms. The van der Waals surface area contributed by atoms with Gasteiger partial charge in [-0.15, -0.1) is 10.2 Å². The fraction of sp³-hybridized carbons (Fsp3) is 0.444. The Morgan fingerprint density at radius 2 is 2.19 bits per heavy atom. The summed E-state index contributed by atoms with van der Waals surface area (Å²) >= 11 is 1.60. The third-order valence-corrected chi connectivity index (χ3v) is 3.47. The van der Waals surface area contributed by atoms with Crippen LogP contribution in [-0.4, -0.2) is 24.5 Å². The van der Waals surface area contributed by atoms with Crippen molar-refractivity contribution in [1.82, 2.24) is 24.5 Å². The Kier molecular flexibility index (Phi) is 2.86. The van der Waals surface area contributed by atoms with Crippen molar-refractivity contribution in [2.24, 2.45) is 14.1 Å². The molecular formula is C9H14N6S. The van der Waals surface area contributed by atoms with Crippen LogP contribution in [0.3, 0.4) is 0 Å². The van der Waals surface area contributed by atoms with E-state index in [0.717, 1.165) is 22.2 Å². The molecule has 0 amide bonds. The Hall–Kier alpha value is -1.50. The van der Waals surface area contributed by atoms with Gasteiger partial charge in [0.05, 0.1) is 5.69 Å². The van der Waals surface area contributed by atoms with Gasteiger partial charge in [0.25, 0.3) is 0 Å². The number of thioether (sulfide) groups is 1. The standard InChI is InChI=1S/C9H14N6S/c1-6-7(8(10)15(3)13-6)4-16-9-12-11-5-14(9)2/h5H,4,10H2,1-3H3. The number of nitrogens with two attached hydrogens (primary N) is 1. The Labute approximate surface area is 97.8 Å². The molecule has 0 radical (unpaired) electrons. The molecule has 0 aliphatic heterocycles. The van der Waals surface area contributed by atoms with Gasteiger partial charge in [-0.25, -0.2) is 0 Å². The van der Waals surface area contributed by atoms with Crippen molar-refractivity contribution in [3.63, 3.8) is 0 Å². The van der Waals surface area contributed by atoms with Crippen molar-refractivity contribution in [1.29, 1.82) is 0 Å². The molecule has 6 nitrogen and oxygen atoms in total. The monoisotopic (exact) mass is 238 g/mol. The molecule has 2 aromatic heterocycles. The molecule has 0 aromatic carbocycles. The molecule has 0 saturated carbocycles. The van der Waals surface area contributed by atoms with Crippen molar-refractivity contribution in [3.05, 3.63) is 17.6 Å². The zero-order valence-electron chi connectivity index (χ0n) is 9.51. The van der Waals surface area contributed by atoms with Crippen LogP contribution in [0.1, 0.15) is 11.3 Å². The summed E-state index contributed by atoms with van der Waals surface area (Å²) in [5.41, 5.74) is 7.96. The average Bonchev–Trinajstić information content (AvgIpc) is 2.72. The van der Waals surface area contributed by atoms with Gasteiger partial charge in [0.2, 0.25) is 0 Å². The highest BCUT2D eigenvalue weighted by atomic mass is 32.2. The lowest BCUT2D eigenvalue weighted by atomic mass is 10.3. The number of hydrogen-bond acceptors (Lipinski definition) is 5. The number of aromatic nitrogens is 5. The van der Waals surface area contributed by atoms with Gasteiger partial charge in [-0.2, -0.15) is 5.10 Å². The number of nitrogens with zero attached hydrogens (tertiary/aromatic N) is 5. The first kappa shape index (κ1) is 11.0. The van der Waals surface area contributed by atoms with E-state index in [1.165, 1.54) is 0 Å². The topological polar surface area (TPSA) is 74.6 Å². The van der Waals surface area contributed by atoms with E-state index in [-0.39, 0.29) is 0 Å². The van der Waals surface area contributed by atoms with E-state index in [4.69, 9.17) is 5.73 Å². The molecule has 0 saturated heterocycles. The van der Waals surface area contributed by atoms with E-state index < -0.39 is 0 Å². The highest BCUT2D eigenvalue weighted by Crippen LogP contribution is 2.25. The minimum atomic E-state index is 0.715. The molecule has 86 valence electrons. The molecule has 0 aliphatic carbocycles. The molecule has 0 unspecified atom stereocenters. The predicted molar refractivity (Wildman–Crippen MR) is 62.9 cm³/mol. The normalized spacial score (nSPS) is 10.9. The van der Waals surface area contributed by atoms with E-state index >= 15 is 0 Å². The van der Waals surface area contributed by atoms with Crippen molar-refractivity contribution in [2.75, 3.05) is 5.73 Å². The SMILES string of the molecule is Cc1nn(C)c(N)c1CSc1nncn1C. The zero-order valence-corrected chi connectivity index (χ0v) is 10.3. The molecule has 0 fully saturated rings. The quantitative estimate of drug-likeness (QED) is 0.798. The summed E-state index contributed by atoms with van der Waals surface area (Å²) in [6, 6.07) is 0. The van der Waals surface area contributed by atoms with E-state index in [9.17, 15) is 0 Å². The van der Waals surface area contributed by atoms with Gasteiger partial charge in [0.15, 0.2) is 5.16 Å². The first-order valence-corrected chi connectivity index (χ1v) is 5.83. The summed E-state index contributed by atoms with van der Waals surface area (Å²) in [7, 11) is 3.76. The van der Waals surface area contributed by atoms with E-state index in [1.807, 2.05) is 25.6 Å². The number of rotatable bonds is 3. The Bertz CT molecular complexity index is 500. The molecule has 16 heavy (non-hydrogen) atoms. The average molecular weight is 238 g/mol. The van der Waals surface area contributed by atoms with Crippen LogP contribution in [-0.2, 0) is 19.8 Å². The third kappa shape index (κ3) is 1.90. The summed E-state index contributed by atoms with van der Waals surface area (Å²) < 4.78 is 3.58. The van der Waals surface area contributed by atoms with Gasteiger partial charge in [-0.3, -0.25) is 4.68 Å². The Morgan fingerprint density at radius 3 is 2.69 bits per heavy atom. The molecule has 2 rings (SSSR count). The second-order valence-corrected chi connectivity index (χ2v) is 4.53. The van der Waals surface area contributed by atoms with Crippen molar-refractivity contribution in [3.8, 4) is 0 Å². The van der Waals surface area contributed by atoms with Crippen LogP contribution in [0, 0.1) is 6.92 Å². The summed E-state index contributed by atoms with van der Waals surface area (Å²) in [4.78, 5) is 0. The van der Waals surface area contributed by atoms with E-state index in [1.54, 1.807) is 22.8 Å². The van der Waals surface area contributed by atoms with Crippen LogP contribution in [0.4, 0.5) is 5.82 Å². The fourth-order valence-electron chi connectivity index (χ4n) is 1.44. The summed E-state index contributed by atoms with van der Waals surface area (Å²) in [5, 5.41) is 13.0. The van der Waals surface area contributed by atoms with Crippen LogP contribution in [0.15, 0.2) is 11.5 Å². The first-order valence-electron chi connectivity index (χ1n) is 4.84. The van der Waals surface area contributed by atoms with Crippen LogP contribution in [0.25, 0.3) is 0 Å². The van der Waals surface area contributed by atoms with Gasteiger partial charge >= 0.3 is 0 Å². The fourth-order valence-corrected chi connectivity index (χ4v) is 2.42. The Morgan fingerprint density at radius 1 is 1.44 bits per heavy atom. The number of anilines is 1. The van der Waals surface area contributed by atoms with Crippen LogP contribution in [0.5, 0.6) is 0 Å². The largest absolute Gasteiger partial charge is 0.384 e. The van der Waals surface area contributed by atoms with E-state index in [0.29, 0.717) is 5.82 Å². The summed E-state index contributed by atoms with van der Waals surface area (Å²) in [6.07, 6.45) is 1.68. The molecule has 2 heterocycles. The molecule has 0 atom stereocenters. The Balaban J connectivity index is 2.13. The molecule has 0 bridgehead atoms. The van der Waals surface area contributed by atoms with Crippen LogP contribution < -0.4 is 5.73 Å². The molecule has 7 heteroatoms. The van der Waals surface area contributed by atoms with Gasteiger partial charge in [-0.1, -0.05) is 11.8 Å². The van der Waals surface area contributed by atoms with Gasteiger partial charge in [-0.05, 0) is 6.92 Å². The highest BCUT2D eigenvalue weighted by Gasteiger charge is 2.11. The maximum absolute atomic E-state index is 5.93. The van der Waals surface area contributed by atoms with Crippen molar-refractivity contribution < 1.29 is 0 Å². The van der Waals surface area contributed by atoms with E-state index in [2.05, 4.69) is 15.3 Å². The summed E-state index contributed by atoms with van der Waals surface area (Å²) in [5.74, 6) is 1.48. The predicted octanol–water partition coefficient (Wildman–Crippen LogP) is 0.732. The lowest BCUT2D eigenvalue weighted by Crippen LogP contribution is -1.99.